The van der Waals surface area contributed by atoms with Crippen LogP contribution in [0, 0.1) is 10.1 Å². The average Bonchev–Trinajstić information content (AvgIpc) is 2.81. The van der Waals surface area contributed by atoms with Crippen LogP contribution in [-0.4, -0.2) is 4.92 Å². The first-order chi connectivity index (χ1) is 9.16. The van der Waals surface area contributed by atoms with Crippen molar-refractivity contribution in [3.63, 3.8) is 0 Å². The van der Waals surface area contributed by atoms with E-state index in [1.165, 1.54) is 0 Å². The van der Waals surface area contributed by atoms with E-state index in [1.54, 1.807) is 23.5 Å². The zero-order valence-corrected chi connectivity index (χ0v) is 12.1. The molecule has 0 amide bonds. The summed E-state index contributed by atoms with van der Waals surface area (Å²) in [6, 6.07) is 15.3. The molecule has 94 valence electrons. The van der Waals surface area contributed by atoms with E-state index in [1.807, 2.05) is 36.4 Å². The predicted molar refractivity (Wildman–Crippen MR) is 81.6 cm³/mol. The normalized spacial score (nSPS) is 10.8. The van der Waals surface area contributed by atoms with E-state index < -0.39 is 0 Å². The minimum atomic E-state index is -0.343. The van der Waals surface area contributed by atoms with Gasteiger partial charge in [-0.25, -0.2) is 0 Å². The maximum Gasteiger partial charge on any atom is 0.292 e. The Morgan fingerprint density at radius 3 is 2.63 bits per heavy atom. The van der Waals surface area contributed by atoms with Crippen molar-refractivity contribution in [1.82, 2.24) is 0 Å². The van der Waals surface area contributed by atoms with Crippen LogP contribution in [-0.2, 0) is 0 Å². The van der Waals surface area contributed by atoms with Gasteiger partial charge in [0.1, 0.15) is 0 Å². The zero-order chi connectivity index (χ0) is 13.4. The molecule has 0 atom stereocenters. The van der Waals surface area contributed by atoms with Crippen molar-refractivity contribution >= 4 is 43.0 Å². The van der Waals surface area contributed by atoms with Crippen molar-refractivity contribution in [2.45, 2.75) is 0 Å². The first kappa shape index (κ1) is 12.3. The Morgan fingerprint density at radius 1 is 1.11 bits per heavy atom. The lowest BCUT2D eigenvalue weighted by Gasteiger charge is -2.01. The summed E-state index contributed by atoms with van der Waals surface area (Å²) in [4.78, 5) is 11.8. The monoisotopic (exact) mass is 333 g/mol. The van der Waals surface area contributed by atoms with Gasteiger partial charge in [-0.3, -0.25) is 10.1 Å². The maximum atomic E-state index is 11.2. The lowest BCUT2D eigenvalue weighted by Crippen LogP contribution is -1.92. The summed E-state index contributed by atoms with van der Waals surface area (Å²) in [6.07, 6.45) is 0. The third kappa shape index (κ3) is 2.15. The number of halogens is 1. The molecule has 0 aliphatic heterocycles. The second-order valence-corrected chi connectivity index (χ2v) is 5.98. The summed E-state index contributed by atoms with van der Waals surface area (Å²) in [6.45, 7) is 0. The summed E-state index contributed by atoms with van der Waals surface area (Å²) in [7, 11) is 0. The topological polar surface area (TPSA) is 43.1 Å². The maximum absolute atomic E-state index is 11.2. The number of rotatable bonds is 2. The molecule has 3 aromatic rings. The fraction of sp³-hybridized carbons (Fsp3) is 0. The van der Waals surface area contributed by atoms with Gasteiger partial charge in [0.15, 0.2) is 0 Å². The van der Waals surface area contributed by atoms with Crippen molar-refractivity contribution in [2.75, 3.05) is 0 Å². The van der Waals surface area contributed by atoms with Gasteiger partial charge in [-0.1, -0.05) is 24.3 Å². The fourth-order valence-electron chi connectivity index (χ4n) is 2.01. The first-order valence-electron chi connectivity index (χ1n) is 5.58. The molecule has 3 rings (SSSR count). The van der Waals surface area contributed by atoms with Crippen LogP contribution in [0.2, 0.25) is 0 Å². The van der Waals surface area contributed by atoms with Crippen LogP contribution in [0.1, 0.15) is 0 Å². The van der Waals surface area contributed by atoms with Crippen LogP contribution < -0.4 is 0 Å². The first-order valence-corrected chi connectivity index (χ1v) is 7.19. The standard InChI is InChI=1S/C14H8BrNO2S/c15-11-6-3-5-10(14(11)16(17)18)13-8-9-4-1-2-7-12(9)19-13/h1-8H. The quantitative estimate of drug-likeness (QED) is 0.475. The van der Waals surface area contributed by atoms with E-state index in [4.69, 9.17) is 0 Å². The lowest BCUT2D eigenvalue weighted by molar-refractivity contribution is -0.385. The van der Waals surface area contributed by atoms with Gasteiger partial charge in [-0.15, -0.1) is 11.3 Å². The molecule has 0 aliphatic rings. The minimum Gasteiger partial charge on any atom is -0.258 e. The summed E-state index contributed by atoms with van der Waals surface area (Å²) in [5.74, 6) is 0. The molecule has 19 heavy (non-hydrogen) atoms. The Balaban J connectivity index is 2.27. The van der Waals surface area contributed by atoms with E-state index in [-0.39, 0.29) is 10.6 Å². The molecule has 1 heterocycles. The van der Waals surface area contributed by atoms with Gasteiger partial charge < -0.3 is 0 Å². The molecule has 2 aromatic carbocycles. The van der Waals surface area contributed by atoms with E-state index >= 15 is 0 Å². The summed E-state index contributed by atoms with van der Waals surface area (Å²) in [5.41, 5.74) is 0.773. The van der Waals surface area contributed by atoms with Crippen LogP contribution >= 0.6 is 27.3 Å². The Kier molecular flexibility index (Phi) is 3.08. The molecule has 1 aromatic heterocycles. The Morgan fingerprint density at radius 2 is 1.89 bits per heavy atom. The van der Waals surface area contributed by atoms with Gasteiger partial charge in [0.05, 0.1) is 15.0 Å². The van der Waals surface area contributed by atoms with Gasteiger partial charge in [0.25, 0.3) is 5.69 Å². The van der Waals surface area contributed by atoms with Crippen LogP contribution in [0.25, 0.3) is 20.5 Å². The molecule has 0 saturated heterocycles. The third-order valence-electron chi connectivity index (χ3n) is 2.86. The zero-order valence-electron chi connectivity index (χ0n) is 9.67. The van der Waals surface area contributed by atoms with Gasteiger partial charge in [-0.2, -0.15) is 0 Å². The van der Waals surface area contributed by atoms with E-state index in [0.717, 1.165) is 15.0 Å². The molecule has 5 heteroatoms. The number of fused-ring (bicyclic) bond motifs is 1. The highest BCUT2D eigenvalue weighted by atomic mass is 79.9. The van der Waals surface area contributed by atoms with E-state index in [2.05, 4.69) is 15.9 Å². The molecular formula is C14H8BrNO2S. The number of benzene rings is 2. The number of hydrogen-bond donors (Lipinski definition) is 0. The van der Waals surface area contributed by atoms with Crippen LogP contribution in [0.3, 0.4) is 0 Å². The molecule has 0 unspecified atom stereocenters. The number of para-hydroxylation sites is 1. The van der Waals surface area contributed by atoms with E-state index in [0.29, 0.717) is 10.0 Å². The molecule has 0 bridgehead atoms. The summed E-state index contributed by atoms with van der Waals surface area (Å²) < 4.78 is 1.64. The van der Waals surface area contributed by atoms with Gasteiger partial charge in [-0.05, 0) is 45.6 Å². The lowest BCUT2D eigenvalue weighted by atomic mass is 10.1. The highest BCUT2D eigenvalue weighted by Gasteiger charge is 2.20. The van der Waals surface area contributed by atoms with Gasteiger partial charge in [0, 0.05) is 9.58 Å². The predicted octanol–water partition coefficient (Wildman–Crippen LogP) is 5.24. The Labute approximate surface area is 121 Å². The molecular weight excluding hydrogens is 326 g/mol. The summed E-state index contributed by atoms with van der Waals surface area (Å²) >= 11 is 4.82. The number of nitrogens with zero attached hydrogens (tertiary/aromatic N) is 1. The van der Waals surface area contributed by atoms with Crippen molar-refractivity contribution < 1.29 is 4.92 Å². The fourth-order valence-corrected chi connectivity index (χ4v) is 3.61. The SMILES string of the molecule is O=[N+]([O-])c1c(Br)cccc1-c1cc2ccccc2s1. The average molecular weight is 334 g/mol. The van der Waals surface area contributed by atoms with Gasteiger partial charge >= 0.3 is 0 Å². The highest BCUT2D eigenvalue weighted by Crippen LogP contribution is 2.41. The smallest absolute Gasteiger partial charge is 0.258 e. The van der Waals surface area contributed by atoms with Crippen molar-refractivity contribution in [3.05, 3.63) is 63.1 Å². The van der Waals surface area contributed by atoms with Gasteiger partial charge in [0.2, 0.25) is 0 Å². The molecule has 0 N–H and O–H groups in total. The van der Waals surface area contributed by atoms with Crippen LogP contribution in [0.5, 0.6) is 0 Å². The minimum absolute atomic E-state index is 0.119. The van der Waals surface area contributed by atoms with Crippen LogP contribution in [0.15, 0.2) is 53.0 Å². The van der Waals surface area contributed by atoms with Crippen molar-refractivity contribution in [2.24, 2.45) is 0 Å². The van der Waals surface area contributed by atoms with E-state index in [9.17, 15) is 10.1 Å². The Bertz CT molecular complexity index is 749. The number of hydrogen-bond acceptors (Lipinski definition) is 3. The largest absolute Gasteiger partial charge is 0.292 e. The molecule has 3 nitrogen and oxygen atoms in total. The third-order valence-corrected chi connectivity index (χ3v) is 4.65. The number of thiophene rings is 1. The second-order valence-electron chi connectivity index (χ2n) is 4.04. The highest BCUT2D eigenvalue weighted by molar-refractivity contribution is 9.10. The summed E-state index contributed by atoms with van der Waals surface area (Å²) in [5, 5.41) is 12.3. The van der Waals surface area contributed by atoms with Crippen LogP contribution in [0.4, 0.5) is 5.69 Å². The number of nitro benzene ring substituents is 1. The molecule has 0 radical (unpaired) electrons. The molecule has 0 fully saturated rings. The molecule has 0 aliphatic carbocycles. The van der Waals surface area contributed by atoms with Crippen molar-refractivity contribution in [3.8, 4) is 10.4 Å². The van der Waals surface area contributed by atoms with Crippen molar-refractivity contribution in [1.29, 1.82) is 0 Å². The molecule has 0 spiro atoms. The Hall–Kier alpha value is -1.72. The number of nitro groups is 1. The second kappa shape index (κ2) is 4.75. The molecule has 0 saturated carbocycles.